The van der Waals surface area contributed by atoms with Crippen molar-refractivity contribution in [2.75, 3.05) is 13.7 Å². The average molecular weight is 340 g/mol. The molecule has 0 saturated carbocycles. The molecular weight excluding hydrogens is 315 g/mol. The van der Waals surface area contributed by atoms with Gasteiger partial charge in [0.05, 0.1) is 12.6 Å². The number of halogens is 1. The normalized spacial score (nSPS) is 11.2. The Morgan fingerprint density at radius 3 is 2.64 bits per heavy atom. The minimum atomic E-state index is -0.197. The first-order valence-electron chi connectivity index (χ1n) is 8.75. The Bertz CT molecular complexity index is 870. The molecule has 0 aliphatic heterocycles. The number of nitrogens with zero attached hydrogens (tertiary/aromatic N) is 1. The maximum atomic E-state index is 14.3. The SMILES string of the molecule is CCn1cc(CCNCc2ccccc2C)c2c(OC)ccc(F)c21. The second kappa shape index (κ2) is 7.70. The van der Waals surface area contributed by atoms with Crippen molar-refractivity contribution >= 4 is 10.9 Å². The largest absolute Gasteiger partial charge is 0.496 e. The van der Waals surface area contributed by atoms with Gasteiger partial charge in [0.15, 0.2) is 0 Å². The fraction of sp³-hybridized carbons (Fsp3) is 0.333. The monoisotopic (exact) mass is 340 g/mol. The first-order valence-corrected chi connectivity index (χ1v) is 8.75. The van der Waals surface area contributed by atoms with Gasteiger partial charge in [0.25, 0.3) is 0 Å². The molecule has 0 radical (unpaired) electrons. The van der Waals surface area contributed by atoms with Gasteiger partial charge in [0.2, 0.25) is 0 Å². The molecule has 3 aromatic rings. The van der Waals surface area contributed by atoms with Crippen LogP contribution in [0.25, 0.3) is 10.9 Å². The summed E-state index contributed by atoms with van der Waals surface area (Å²) in [5.41, 5.74) is 4.35. The second-order valence-electron chi connectivity index (χ2n) is 6.27. The maximum absolute atomic E-state index is 14.3. The number of nitrogens with one attached hydrogen (secondary N) is 1. The summed E-state index contributed by atoms with van der Waals surface area (Å²) in [7, 11) is 1.64. The van der Waals surface area contributed by atoms with Crippen LogP contribution in [0.15, 0.2) is 42.6 Å². The lowest BCUT2D eigenvalue weighted by molar-refractivity contribution is 0.419. The molecule has 1 N–H and O–H groups in total. The molecule has 0 aliphatic rings. The van der Waals surface area contributed by atoms with Crippen molar-refractivity contribution in [3.05, 3.63) is 65.1 Å². The van der Waals surface area contributed by atoms with Crippen LogP contribution in [-0.4, -0.2) is 18.2 Å². The molecule has 1 aromatic heterocycles. The lowest BCUT2D eigenvalue weighted by atomic mass is 10.1. The van der Waals surface area contributed by atoms with Crippen LogP contribution in [0.3, 0.4) is 0 Å². The van der Waals surface area contributed by atoms with E-state index in [1.165, 1.54) is 17.2 Å². The Morgan fingerprint density at radius 2 is 1.92 bits per heavy atom. The van der Waals surface area contributed by atoms with Gasteiger partial charge in [0, 0.05) is 24.7 Å². The molecule has 2 aromatic carbocycles. The van der Waals surface area contributed by atoms with E-state index in [1.54, 1.807) is 13.2 Å². The van der Waals surface area contributed by atoms with E-state index in [2.05, 4.69) is 36.5 Å². The third-order valence-electron chi connectivity index (χ3n) is 4.72. The zero-order chi connectivity index (χ0) is 17.8. The summed E-state index contributed by atoms with van der Waals surface area (Å²) in [6, 6.07) is 11.6. The molecule has 0 aliphatic carbocycles. The van der Waals surface area contributed by atoms with Crippen molar-refractivity contribution < 1.29 is 9.13 Å². The summed E-state index contributed by atoms with van der Waals surface area (Å²) in [5, 5.41) is 4.38. The van der Waals surface area contributed by atoms with Crippen molar-refractivity contribution in [2.45, 2.75) is 33.4 Å². The molecular formula is C21H25FN2O. The molecule has 0 saturated heterocycles. The molecule has 0 unspecified atom stereocenters. The summed E-state index contributed by atoms with van der Waals surface area (Å²) < 4.78 is 21.8. The van der Waals surface area contributed by atoms with E-state index in [-0.39, 0.29) is 5.82 Å². The molecule has 1 heterocycles. The minimum absolute atomic E-state index is 0.197. The number of methoxy groups -OCH3 is 1. The van der Waals surface area contributed by atoms with Gasteiger partial charge in [-0.3, -0.25) is 0 Å². The summed E-state index contributed by atoms with van der Waals surface area (Å²) >= 11 is 0. The van der Waals surface area contributed by atoms with Crippen molar-refractivity contribution in [1.29, 1.82) is 0 Å². The number of hydrogen-bond donors (Lipinski definition) is 1. The Kier molecular flexibility index (Phi) is 5.39. The molecule has 0 spiro atoms. The molecule has 25 heavy (non-hydrogen) atoms. The van der Waals surface area contributed by atoms with Crippen molar-refractivity contribution in [3.8, 4) is 5.75 Å². The van der Waals surface area contributed by atoms with Gasteiger partial charge in [-0.05, 0) is 55.6 Å². The van der Waals surface area contributed by atoms with Gasteiger partial charge in [-0.25, -0.2) is 4.39 Å². The van der Waals surface area contributed by atoms with Crippen molar-refractivity contribution in [3.63, 3.8) is 0 Å². The number of hydrogen-bond acceptors (Lipinski definition) is 2. The predicted octanol–water partition coefficient (Wildman–Crippen LogP) is 4.45. The summed E-state index contributed by atoms with van der Waals surface area (Å²) in [6.07, 6.45) is 2.88. The van der Waals surface area contributed by atoms with Crippen LogP contribution in [0.5, 0.6) is 5.75 Å². The van der Waals surface area contributed by atoms with Crippen LogP contribution in [-0.2, 0) is 19.5 Å². The van der Waals surface area contributed by atoms with Crippen LogP contribution in [0, 0.1) is 12.7 Å². The Hall–Kier alpha value is -2.33. The molecule has 0 bridgehead atoms. The molecule has 132 valence electrons. The summed E-state index contributed by atoms with van der Waals surface area (Å²) in [5.74, 6) is 0.536. The van der Waals surface area contributed by atoms with Gasteiger partial charge in [0.1, 0.15) is 11.6 Å². The van der Waals surface area contributed by atoms with Gasteiger partial charge in [-0.15, -0.1) is 0 Å². The molecule has 3 rings (SSSR count). The second-order valence-corrected chi connectivity index (χ2v) is 6.27. The van der Waals surface area contributed by atoms with E-state index >= 15 is 0 Å². The highest BCUT2D eigenvalue weighted by Gasteiger charge is 2.16. The van der Waals surface area contributed by atoms with Gasteiger partial charge < -0.3 is 14.6 Å². The average Bonchev–Trinajstić information content (AvgIpc) is 3.00. The van der Waals surface area contributed by atoms with Crippen LogP contribution in [0.4, 0.5) is 4.39 Å². The molecule has 4 heteroatoms. The third-order valence-corrected chi connectivity index (χ3v) is 4.72. The molecule has 3 nitrogen and oxygen atoms in total. The van der Waals surface area contributed by atoms with Gasteiger partial charge >= 0.3 is 0 Å². The smallest absolute Gasteiger partial charge is 0.147 e. The minimum Gasteiger partial charge on any atom is -0.496 e. The van der Waals surface area contributed by atoms with E-state index in [0.717, 1.165) is 42.8 Å². The zero-order valence-electron chi connectivity index (χ0n) is 15.1. The highest BCUT2D eigenvalue weighted by atomic mass is 19.1. The number of fused-ring (bicyclic) bond motifs is 1. The number of aryl methyl sites for hydroxylation is 2. The Morgan fingerprint density at radius 1 is 1.12 bits per heavy atom. The van der Waals surface area contributed by atoms with Crippen LogP contribution < -0.4 is 10.1 Å². The maximum Gasteiger partial charge on any atom is 0.147 e. The van der Waals surface area contributed by atoms with Crippen LogP contribution in [0.2, 0.25) is 0 Å². The van der Waals surface area contributed by atoms with Gasteiger partial charge in [-0.2, -0.15) is 0 Å². The van der Waals surface area contributed by atoms with E-state index < -0.39 is 0 Å². The lowest BCUT2D eigenvalue weighted by Crippen LogP contribution is -2.17. The van der Waals surface area contributed by atoms with E-state index in [0.29, 0.717) is 5.52 Å². The molecule has 0 atom stereocenters. The van der Waals surface area contributed by atoms with E-state index in [9.17, 15) is 4.39 Å². The van der Waals surface area contributed by atoms with Gasteiger partial charge in [-0.1, -0.05) is 24.3 Å². The fourth-order valence-corrected chi connectivity index (χ4v) is 3.32. The number of benzene rings is 2. The van der Waals surface area contributed by atoms with Crippen LogP contribution >= 0.6 is 0 Å². The number of ether oxygens (including phenoxy) is 1. The Balaban J connectivity index is 1.77. The number of aromatic nitrogens is 1. The first-order chi connectivity index (χ1) is 12.2. The summed E-state index contributed by atoms with van der Waals surface area (Å²) in [6.45, 7) is 6.55. The quantitative estimate of drug-likeness (QED) is 0.643. The molecule has 0 fully saturated rings. The van der Waals surface area contributed by atoms with Crippen molar-refractivity contribution in [1.82, 2.24) is 9.88 Å². The summed E-state index contributed by atoms with van der Waals surface area (Å²) in [4.78, 5) is 0. The predicted molar refractivity (Wildman–Crippen MR) is 101 cm³/mol. The van der Waals surface area contributed by atoms with Crippen molar-refractivity contribution in [2.24, 2.45) is 0 Å². The highest BCUT2D eigenvalue weighted by molar-refractivity contribution is 5.90. The lowest BCUT2D eigenvalue weighted by Gasteiger charge is -2.08. The number of rotatable bonds is 7. The fourth-order valence-electron chi connectivity index (χ4n) is 3.32. The topological polar surface area (TPSA) is 26.2 Å². The van der Waals surface area contributed by atoms with Crippen LogP contribution in [0.1, 0.15) is 23.6 Å². The molecule has 0 amide bonds. The van der Waals surface area contributed by atoms with E-state index in [4.69, 9.17) is 4.74 Å². The highest BCUT2D eigenvalue weighted by Crippen LogP contribution is 2.32. The third kappa shape index (κ3) is 3.54. The zero-order valence-corrected chi connectivity index (χ0v) is 15.1. The first kappa shape index (κ1) is 17.5. The Labute approximate surface area is 148 Å². The van der Waals surface area contributed by atoms with E-state index in [1.807, 2.05) is 17.7 Å². The standard InChI is InChI=1S/C21H25FN2O/c1-4-24-14-17(20-19(25-3)10-9-18(22)21(20)24)11-12-23-13-16-8-6-5-7-15(16)2/h5-10,14,23H,4,11-13H2,1-3H3.